The Hall–Kier alpha value is -6.30. The summed E-state index contributed by atoms with van der Waals surface area (Å²) in [5, 5.41) is 36.9. The highest BCUT2D eigenvalue weighted by atomic mass is 16.5. The molecule has 2 unspecified atom stereocenters. The number of hydrogen-bond acceptors (Lipinski definition) is 15. The molecule has 3 aromatic heterocycles. The second-order valence-electron chi connectivity index (χ2n) is 21.1. The van der Waals surface area contributed by atoms with Gasteiger partial charge in [0.25, 0.3) is 5.88 Å². The number of nitrogens with zero attached hydrogens (tertiary/aromatic N) is 7. The topological polar surface area (TPSA) is 215 Å². The number of nitrogens with one attached hydrogen (secondary N) is 1. The number of phenols is 1. The minimum Gasteiger partial charge on any atom is -0.507 e. The van der Waals surface area contributed by atoms with Gasteiger partial charge in [0.1, 0.15) is 36.2 Å². The van der Waals surface area contributed by atoms with E-state index in [0.29, 0.717) is 59.8 Å². The Balaban J connectivity index is 0.643. The highest BCUT2D eigenvalue weighted by Crippen LogP contribution is 2.47. The first-order chi connectivity index (χ1) is 34.8. The largest absolute Gasteiger partial charge is 0.507 e. The Morgan fingerprint density at radius 3 is 2.36 bits per heavy atom. The molecule has 5 aromatic rings. The van der Waals surface area contributed by atoms with E-state index in [0.717, 1.165) is 86.8 Å². The first-order valence-corrected chi connectivity index (χ1v) is 26.0. The van der Waals surface area contributed by atoms with Gasteiger partial charge >= 0.3 is 0 Å². The zero-order chi connectivity index (χ0) is 50.0. The summed E-state index contributed by atoms with van der Waals surface area (Å²) in [5.74, 6) is 0.785. The first-order valence-electron chi connectivity index (χ1n) is 26.0. The molecule has 1 saturated carbocycles. The Morgan fingerprint density at radius 2 is 1.62 bits per heavy atom. The number of likely N-dealkylation sites (tertiary alicyclic amines) is 2. The van der Waals surface area contributed by atoms with Crippen LogP contribution in [-0.2, 0) is 14.3 Å². The number of aromatic hydroxyl groups is 1. The number of nitrogens with two attached hydrogens (primary N) is 1. The predicted octanol–water partition coefficient (Wildman–Crippen LogP) is 7.09. The van der Waals surface area contributed by atoms with E-state index in [4.69, 9.17) is 24.5 Å². The lowest BCUT2D eigenvalue weighted by Gasteiger charge is -2.41. The number of rotatable bonds is 17. The molecule has 17 heteroatoms. The van der Waals surface area contributed by atoms with Gasteiger partial charge in [-0.2, -0.15) is 0 Å². The number of para-hydroxylation sites is 1. The number of aliphatic hydroxyl groups is 1. The third-order valence-electron chi connectivity index (χ3n) is 15.7. The number of carbonyl (C=O) groups excluding carboxylic acids is 2. The number of anilines is 2. The van der Waals surface area contributed by atoms with E-state index < -0.39 is 18.1 Å². The maximum Gasteiger partial charge on any atom is 0.254 e. The average molecular weight is 984 g/mol. The van der Waals surface area contributed by atoms with Crippen molar-refractivity contribution in [1.29, 1.82) is 0 Å². The van der Waals surface area contributed by atoms with Crippen LogP contribution in [0.5, 0.6) is 17.5 Å². The minimum absolute atomic E-state index is 0.0685. The molecule has 5 aliphatic rings. The van der Waals surface area contributed by atoms with Crippen molar-refractivity contribution in [1.82, 2.24) is 35.5 Å². The van der Waals surface area contributed by atoms with Crippen LogP contribution in [0.3, 0.4) is 0 Å². The quantitative estimate of drug-likeness (QED) is 0.0732. The van der Waals surface area contributed by atoms with Crippen LogP contribution in [0.1, 0.15) is 119 Å². The second-order valence-corrected chi connectivity index (χ2v) is 21.1. The predicted molar refractivity (Wildman–Crippen MR) is 270 cm³/mol. The number of β-amino-alcohol motifs (C(OH)–C–C–N with tert-alkyl or cyclic N) is 1. The number of benzene rings is 2. The lowest BCUT2D eigenvalue weighted by atomic mass is 9.84. The second kappa shape index (κ2) is 21.4. The van der Waals surface area contributed by atoms with Gasteiger partial charge in [-0.25, -0.2) is 4.98 Å². The monoisotopic (exact) mass is 984 g/mol. The van der Waals surface area contributed by atoms with Crippen molar-refractivity contribution in [3.8, 4) is 28.8 Å². The van der Waals surface area contributed by atoms with Gasteiger partial charge < -0.3 is 49.8 Å². The molecule has 4 aliphatic heterocycles. The SMILES string of the molecule is Cc1ccc([C@H](C)NC(=O)[C@@H]2C[C@@H](O)CN2C(=O)[C@@H](c2cc(OCCN3CCC(OC4CC(Oc5cc(N6C7CCC6CC(c6cc(-c8ccccc8O)nnc6N)C7)ccn5)C4)CC3)no2)C(C)C)cc1. The smallest absolute Gasteiger partial charge is 0.254 e. The number of ether oxygens (including phenoxy) is 3. The number of nitrogen functional groups attached to an aromatic ring is 1. The van der Waals surface area contributed by atoms with E-state index in [1.807, 2.05) is 76.4 Å². The molecule has 6 atom stereocenters. The molecule has 5 fully saturated rings. The fourth-order valence-corrected chi connectivity index (χ4v) is 11.7. The van der Waals surface area contributed by atoms with E-state index in [1.54, 1.807) is 18.2 Å². The van der Waals surface area contributed by atoms with Gasteiger partial charge in [0.05, 0.1) is 30.0 Å². The van der Waals surface area contributed by atoms with Gasteiger partial charge in [-0.3, -0.25) is 14.5 Å². The third-order valence-corrected chi connectivity index (χ3v) is 15.7. The number of aryl methyl sites for hydroxylation is 1. The third kappa shape index (κ3) is 10.9. The van der Waals surface area contributed by atoms with Crippen molar-refractivity contribution >= 4 is 23.3 Å². The van der Waals surface area contributed by atoms with Crippen molar-refractivity contribution in [2.24, 2.45) is 5.92 Å². The standard InChI is InChI=1S/C55H69N9O8/c1-32(2)52(55(68)63-31-40(65)26-47(63)54(67)58-34(4)35-11-9-33(3)10-12-35)49-30-51(61-72-49)69-22-21-62-19-16-41(17-20-62)70-42-27-43(28-42)71-50-25-39(15-18-57-50)64-37-13-14-38(64)24-36(23-37)45-29-46(59-60-53(45)56)44-7-5-6-8-48(44)66/h5-12,15,18,25,29-30,32,34,36-38,40-43,47,52,65-66H,13-14,16-17,19-24,26-28,31H2,1-4H3,(H2,56,60)(H,58,67)/t34-,36?,37?,38?,40+,42?,43?,47-,52+/m0/s1. The summed E-state index contributed by atoms with van der Waals surface area (Å²) in [6.07, 6.45) is 9.36. The van der Waals surface area contributed by atoms with E-state index in [9.17, 15) is 19.8 Å². The highest BCUT2D eigenvalue weighted by molar-refractivity contribution is 5.91. The Labute approximate surface area is 421 Å². The van der Waals surface area contributed by atoms with Crippen LogP contribution in [0.25, 0.3) is 11.3 Å². The molecule has 0 spiro atoms. The normalized spacial score (nSPS) is 25.3. The van der Waals surface area contributed by atoms with Crippen molar-refractivity contribution in [2.75, 3.05) is 43.4 Å². The van der Waals surface area contributed by atoms with Crippen LogP contribution in [0.4, 0.5) is 11.5 Å². The molecule has 2 bridgehead atoms. The fraction of sp³-hybridized carbons (Fsp3) is 0.527. The highest BCUT2D eigenvalue weighted by Gasteiger charge is 2.45. The molecule has 1 aliphatic carbocycles. The van der Waals surface area contributed by atoms with Crippen LogP contribution >= 0.6 is 0 Å². The summed E-state index contributed by atoms with van der Waals surface area (Å²) in [4.78, 5) is 38.6. The lowest BCUT2D eigenvalue weighted by Crippen LogP contribution is -2.48. The zero-order valence-corrected chi connectivity index (χ0v) is 41.8. The summed E-state index contributed by atoms with van der Waals surface area (Å²) in [6, 6.07) is 22.7. The van der Waals surface area contributed by atoms with Crippen molar-refractivity contribution < 1.29 is 38.5 Å². The summed E-state index contributed by atoms with van der Waals surface area (Å²) >= 11 is 0. The molecule has 72 heavy (non-hydrogen) atoms. The number of aromatic nitrogens is 4. The molecule has 17 nitrogen and oxygen atoms in total. The van der Waals surface area contributed by atoms with Gasteiger partial charge in [-0.15, -0.1) is 10.2 Å². The average Bonchev–Trinajstić information content (AvgIpc) is 4.06. The molecule has 0 radical (unpaired) electrons. The van der Waals surface area contributed by atoms with Crippen LogP contribution in [-0.4, -0.2) is 127 Å². The van der Waals surface area contributed by atoms with E-state index in [2.05, 4.69) is 47.6 Å². The number of carbonyl (C=O) groups is 2. The number of piperidine rings is 2. The molecule has 382 valence electrons. The van der Waals surface area contributed by atoms with Crippen molar-refractivity contribution in [3.05, 3.63) is 101 Å². The summed E-state index contributed by atoms with van der Waals surface area (Å²) in [5.41, 5.74) is 12.0. The maximum absolute atomic E-state index is 14.1. The first kappa shape index (κ1) is 49.3. The molecule has 10 rings (SSSR count). The van der Waals surface area contributed by atoms with E-state index in [1.165, 1.54) is 4.90 Å². The molecular weight excluding hydrogens is 915 g/mol. The van der Waals surface area contributed by atoms with Gasteiger partial charge in [-0.05, 0) is 99.2 Å². The number of hydrogen-bond donors (Lipinski definition) is 4. The van der Waals surface area contributed by atoms with Crippen LogP contribution in [0, 0.1) is 12.8 Å². The minimum atomic E-state index is -0.804. The lowest BCUT2D eigenvalue weighted by molar-refractivity contribution is -0.141. The maximum atomic E-state index is 14.1. The summed E-state index contributed by atoms with van der Waals surface area (Å²) in [7, 11) is 0. The Morgan fingerprint density at radius 1 is 0.875 bits per heavy atom. The fourth-order valence-electron chi connectivity index (χ4n) is 11.7. The van der Waals surface area contributed by atoms with Gasteiger partial charge in [0.15, 0.2) is 5.76 Å². The molecule has 2 aromatic carbocycles. The summed E-state index contributed by atoms with van der Waals surface area (Å²) < 4.78 is 24.7. The van der Waals surface area contributed by atoms with E-state index >= 15 is 0 Å². The molecular formula is C55H69N9O8. The van der Waals surface area contributed by atoms with Gasteiger partial charge in [-0.1, -0.05) is 55.8 Å². The molecule has 7 heterocycles. The van der Waals surface area contributed by atoms with Crippen LogP contribution in [0.2, 0.25) is 0 Å². The van der Waals surface area contributed by atoms with Crippen molar-refractivity contribution in [2.45, 2.75) is 146 Å². The van der Waals surface area contributed by atoms with Crippen LogP contribution in [0.15, 0.2) is 83.5 Å². The molecule has 2 amide bonds. The van der Waals surface area contributed by atoms with Gasteiger partial charge in [0, 0.05) is 92.7 Å². The number of fused-ring (bicyclic) bond motifs is 2. The number of amides is 2. The van der Waals surface area contributed by atoms with Gasteiger partial charge in [0.2, 0.25) is 17.7 Å². The van der Waals surface area contributed by atoms with Crippen molar-refractivity contribution in [3.63, 3.8) is 0 Å². The number of pyridine rings is 1. The Bertz CT molecular complexity index is 2660. The number of aliphatic hydroxyl groups excluding tert-OH is 1. The Kier molecular flexibility index (Phi) is 14.7. The van der Waals surface area contributed by atoms with Crippen LogP contribution < -0.4 is 25.4 Å². The molecule has 5 N–H and O–H groups in total. The zero-order valence-electron chi connectivity index (χ0n) is 41.8. The number of phenolic OH excluding ortho intramolecular Hbond substituents is 1. The van der Waals surface area contributed by atoms with E-state index in [-0.39, 0.29) is 66.7 Å². The summed E-state index contributed by atoms with van der Waals surface area (Å²) in [6.45, 7) is 10.8. The molecule has 4 saturated heterocycles.